The number of methoxy groups -OCH3 is 1. The number of carbonyl (C=O) groups excluding carboxylic acids is 1. The highest BCUT2D eigenvalue weighted by atomic mass is 16.5. The summed E-state index contributed by atoms with van der Waals surface area (Å²) in [6.45, 7) is 5.32. The average Bonchev–Trinajstić information content (AvgIpc) is 2.32. The second-order valence-electron chi connectivity index (χ2n) is 4.34. The summed E-state index contributed by atoms with van der Waals surface area (Å²) in [7, 11) is 3.74. The maximum Gasteiger partial charge on any atom is 0.236 e. The highest BCUT2D eigenvalue weighted by molar-refractivity contribution is 5.81. The highest BCUT2D eigenvalue weighted by Gasteiger charge is 2.10. The lowest BCUT2D eigenvalue weighted by Crippen LogP contribution is -2.41. The van der Waals surface area contributed by atoms with E-state index in [-0.39, 0.29) is 11.9 Å². The van der Waals surface area contributed by atoms with Crippen LogP contribution in [0.5, 0.6) is 0 Å². The molecule has 0 bridgehead atoms. The average molecular weight is 245 g/mol. The van der Waals surface area contributed by atoms with Gasteiger partial charge in [-0.25, -0.2) is 0 Å². The van der Waals surface area contributed by atoms with E-state index in [2.05, 4.69) is 10.2 Å². The van der Waals surface area contributed by atoms with E-state index in [0.29, 0.717) is 6.54 Å². The van der Waals surface area contributed by atoms with Gasteiger partial charge in [0.1, 0.15) is 0 Å². The minimum atomic E-state index is -0.355. The number of amides is 1. The predicted octanol–water partition coefficient (Wildman–Crippen LogP) is 0.198. The van der Waals surface area contributed by atoms with Gasteiger partial charge in [-0.1, -0.05) is 13.3 Å². The van der Waals surface area contributed by atoms with Crippen molar-refractivity contribution in [2.45, 2.75) is 32.2 Å². The maximum absolute atomic E-state index is 11.5. The van der Waals surface area contributed by atoms with E-state index in [1.54, 1.807) is 7.11 Å². The highest BCUT2D eigenvalue weighted by Crippen LogP contribution is 1.93. The van der Waals surface area contributed by atoms with E-state index < -0.39 is 0 Å². The fraction of sp³-hybridized carbons (Fsp3) is 0.917. The lowest BCUT2D eigenvalue weighted by Gasteiger charge is -2.16. The zero-order chi connectivity index (χ0) is 13.1. The summed E-state index contributed by atoms with van der Waals surface area (Å²) in [6, 6.07) is -0.355. The van der Waals surface area contributed by atoms with Gasteiger partial charge in [0.15, 0.2) is 0 Å². The van der Waals surface area contributed by atoms with Gasteiger partial charge in [0.25, 0.3) is 0 Å². The zero-order valence-corrected chi connectivity index (χ0v) is 11.4. The van der Waals surface area contributed by atoms with Crippen molar-refractivity contribution in [1.82, 2.24) is 10.2 Å². The van der Waals surface area contributed by atoms with Crippen molar-refractivity contribution in [1.29, 1.82) is 0 Å². The van der Waals surface area contributed by atoms with Crippen LogP contribution in [0.25, 0.3) is 0 Å². The minimum Gasteiger partial charge on any atom is -0.383 e. The molecule has 0 rings (SSSR count). The summed E-state index contributed by atoms with van der Waals surface area (Å²) >= 11 is 0. The van der Waals surface area contributed by atoms with E-state index in [1.165, 1.54) is 0 Å². The number of nitrogens with two attached hydrogens (primary N) is 1. The molecule has 0 saturated carbocycles. The molecule has 0 saturated heterocycles. The number of rotatable bonds is 10. The van der Waals surface area contributed by atoms with Crippen molar-refractivity contribution >= 4 is 5.91 Å². The third kappa shape index (κ3) is 9.09. The van der Waals surface area contributed by atoms with Gasteiger partial charge in [0, 0.05) is 20.2 Å². The van der Waals surface area contributed by atoms with Crippen LogP contribution >= 0.6 is 0 Å². The van der Waals surface area contributed by atoms with E-state index in [0.717, 1.165) is 39.0 Å². The zero-order valence-electron chi connectivity index (χ0n) is 11.4. The second kappa shape index (κ2) is 10.5. The second-order valence-corrected chi connectivity index (χ2v) is 4.34. The SMILES string of the molecule is CCCC(N)C(=O)NCCCN(C)CCOC. The lowest BCUT2D eigenvalue weighted by atomic mass is 10.1. The molecule has 1 unspecified atom stereocenters. The van der Waals surface area contributed by atoms with Crippen molar-refractivity contribution in [3.05, 3.63) is 0 Å². The van der Waals surface area contributed by atoms with Crippen LogP contribution in [0.3, 0.4) is 0 Å². The quantitative estimate of drug-likeness (QED) is 0.540. The molecule has 0 aliphatic heterocycles. The number of nitrogens with zero attached hydrogens (tertiary/aromatic N) is 1. The number of hydrogen-bond acceptors (Lipinski definition) is 4. The first-order valence-corrected chi connectivity index (χ1v) is 6.32. The Morgan fingerprint density at radius 3 is 2.76 bits per heavy atom. The van der Waals surface area contributed by atoms with Crippen molar-refractivity contribution in [2.75, 3.05) is 40.4 Å². The number of likely N-dealkylation sites (N-methyl/N-ethyl adjacent to an activating group) is 1. The first-order chi connectivity index (χ1) is 8.11. The topological polar surface area (TPSA) is 67.6 Å². The van der Waals surface area contributed by atoms with E-state index >= 15 is 0 Å². The number of nitrogens with one attached hydrogen (secondary N) is 1. The first kappa shape index (κ1) is 16.4. The molecule has 3 N–H and O–H groups in total. The summed E-state index contributed by atoms with van der Waals surface area (Å²) in [4.78, 5) is 13.7. The molecule has 5 nitrogen and oxygen atoms in total. The Hall–Kier alpha value is -0.650. The van der Waals surface area contributed by atoms with E-state index in [9.17, 15) is 4.79 Å². The molecule has 102 valence electrons. The summed E-state index contributed by atoms with van der Waals surface area (Å²) in [5.41, 5.74) is 5.70. The number of carbonyl (C=O) groups is 1. The maximum atomic E-state index is 11.5. The summed E-state index contributed by atoms with van der Waals surface area (Å²) in [6.07, 6.45) is 2.62. The molecule has 0 heterocycles. The van der Waals surface area contributed by atoms with Crippen LogP contribution in [-0.4, -0.2) is 57.2 Å². The van der Waals surface area contributed by atoms with Crippen LogP contribution < -0.4 is 11.1 Å². The molecule has 0 radical (unpaired) electrons. The molecule has 0 aromatic heterocycles. The molecule has 0 aromatic rings. The standard InChI is InChI=1S/C12H27N3O2/c1-4-6-11(13)12(16)14-7-5-8-15(2)9-10-17-3/h11H,4-10,13H2,1-3H3,(H,14,16). The van der Waals surface area contributed by atoms with Crippen LogP contribution in [0.1, 0.15) is 26.2 Å². The summed E-state index contributed by atoms with van der Waals surface area (Å²) in [5.74, 6) is -0.0357. The van der Waals surface area contributed by atoms with Gasteiger partial charge in [-0.05, 0) is 26.4 Å². The molecule has 17 heavy (non-hydrogen) atoms. The summed E-state index contributed by atoms with van der Waals surface area (Å²) < 4.78 is 4.99. The Bertz CT molecular complexity index is 200. The fourth-order valence-electron chi connectivity index (χ4n) is 1.49. The van der Waals surface area contributed by atoms with Crippen LogP contribution in [0.4, 0.5) is 0 Å². The summed E-state index contributed by atoms with van der Waals surface area (Å²) in [5, 5.41) is 2.86. The fourth-order valence-corrected chi connectivity index (χ4v) is 1.49. The lowest BCUT2D eigenvalue weighted by molar-refractivity contribution is -0.122. The van der Waals surface area contributed by atoms with Gasteiger partial charge in [-0.2, -0.15) is 0 Å². The predicted molar refractivity (Wildman–Crippen MR) is 69.9 cm³/mol. The largest absolute Gasteiger partial charge is 0.383 e. The molecule has 0 aliphatic rings. The van der Waals surface area contributed by atoms with Crippen LogP contribution in [0.15, 0.2) is 0 Å². The Kier molecular flexibility index (Phi) is 10.1. The van der Waals surface area contributed by atoms with Gasteiger partial charge in [0.2, 0.25) is 5.91 Å². The van der Waals surface area contributed by atoms with Gasteiger partial charge in [-0.15, -0.1) is 0 Å². The Morgan fingerprint density at radius 2 is 2.18 bits per heavy atom. The Morgan fingerprint density at radius 1 is 1.47 bits per heavy atom. The normalized spacial score (nSPS) is 12.8. The molecule has 0 aliphatic carbocycles. The van der Waals surface area contributed by atoms with E-state index in [4.69, 9.17) is 10.5 Å². The molecule has 0 spiro atoms. The van der Waals surface area contributed by atoms with E-state index in [1.807, 2.05) is 14.0 Å². The van der Waals surface area contributed by atoms with Crippen molar-refractivity contribution in [3.8, 4) is 0 Å². The third-order valence-corrected chi connectivity index (χ3v) is 2.63. The van der Waals surface area contributed by atoms with Crippen molar-refractivity contribution < 1.29 is 9.53 Å². The monoisotopic (exact) mass is 245 g/mol. The van der Waals surface area contributed by atoms with Crippen LogP contribution in [-0.2, 0) is 9.53 Å². The minimum absolute atomic E-state index is 0.0357. The Labute approximate surface area is 105 Å². The third-order valence-electron chi connectivity index (χ3n) is 2.63. The molecular weight excluding hydrogens is 218 g/mol. The first-order valence-electron chi connectivity index (χ1n) is 6.32. The van der Waals surface area contributed by atoms with Gasteiger partial charge in [0.05, 0.1) is 12.6 Å². The van der Waals surface area contributed by atoms with Crippen LogP contribution in [0, 0.1) is 0 Å². The van der Waals surface area contributed by atoms with Crippen LogP contribution in [0.2, 0.25) is 0 Å². The van der Waals surface area contributed by atoms with Gasteiger partial charge in [-0.3, -0.25) is 4.79 Å². The molecule has 1 atom stereocenters. The van der Waals surface area contributed by atoms with Gasteiger partial charge < -0.3 is 20.7 Å². The molecule has 0 aromatic carbocycles. The Balaban J connectivity index is 3.47. The van der Waals surface area contributed by atoms with Crippen molar-refractivity contribution in [2.24, 2.45) is 5.73 Å². The van der Waals surface area contributed by atoms with Gasteiger partial charge >= 0.3 is 0 Å². The number of hydrogen-bond donors (Lipinski definition) is 2. The number of ether oxygens (including phenoxy) is 1. The van der Waals surface area contributed by atoms with Crippen molar-refractivity contribution in [3.63, 3.8) is 0 Å². The molecule has 1 amide bonds. The molecule has 0 fully saturated rings. The molecular formula is C12H27N3O2. The smallest absolute Gasteiger partial charge is 0.236 e. The molecule has 5 heteroatoms.